The molecule has 7 heteroatoms. The van der Waals surface area contributed by atoms with Gasteiger partial charge in [-0.2, -0.15) is 5.10 Å². The Bertz CT molecular complexity index is 501. The van der Waals surface area contributed by atoms with Crippen LogP contribution >= 0.6 is 0 Å². The highest BCUT2D eigenvalue weighted by atomic mass is 16.6. The molecule has 2 atom stereocenters. The van der Waals surface area contributed by atoms with Crippen LogP contribution in [0.3, 0.4) is 0 Å². The summed E-state index contributed by atoms with van der Waals surface area (Å²) in [6.45, 7) is 4.83. The molecule has 0 bridgehead atoms. The Kier molecular flexibility index (Phi) is 5.17. The Balaban J connectivity index is 2.30. The van der Waals surface area contributed by atoms with Gasteiger partial charge in [0.25, 0.3) is 5.88 Å². The first-order valence-corrected chi connectivity index (χ1v) is 7.67. The van der Waals surface area contributed by atoms with E-state index in [9.17, 15) is 10.1 Å². The van der Waals surface area contributed by atoms with E-state index >= 15 is 0 Å². The summed E-state index contributed by atoms with van der Waals surface area (Å²) in [5.41, 5.74) is 6.21. The molecule has 1 heterocycles. The summed E-state index contributed by atoms with van der Waals surface area (Å²) in [5.74, 6) is 0.563. The van der Waals surface area contributed by atoms with Crippen LogP contribution in [0.15, 0.2) is 0 Å². The average Bonchev–Trinajstić information content (AvgIpc) is 2.76. The lowest BCUT2D eigenvalue weighted by atomic mass is 9.86. The highest BCUT2D eigenvalue weighted by Gasteiger charge is 2.32. The molecule has 1 aromatic rings. The third-order valence-corrected chi connectivity index (χ3v) is 4.07. The van der Waals surface area contributed by atoms with Gasteiger partial charge in [0.1, 0.15) is 11.8 Å². The van der Waals surface area contributed by atoms with Gasteiger partial charge in [-0.05, 0) is 39.2 Å². The SMILES string of the molecule is CCCn1nc(C)c([N+](=O)[O-])c1OC1CCCCC1CN. The number of rotatable bonds is 6. The number of nitro groups is 1. The highest BCUT2D eigenvalue weighted by molar-refractivity contribution is 5.45. The minimum absolute atomic E-state index is 0.00945. The standard InChI is InChI=1S/C14H24N4O3/c1-3-8-17-14(13(18(19)20)10(2)16-17)21-12-7-5-4-6-11(12)9-15/h11-12H,3-9,15H2,1-2H3. The number of aryl methyl sites for hydroxylation is 2. The molecule has 2 unspecified atom stereocenters. The van der Waals surface area contributed by atoms with Crippen LogP contribution in [0.5, 0.6) is 5.88 Å². The van der Waals surface area contributed by atoms with E-state index in [0.29, 0.717) is 24.7 Å². The summed E-state index contributed by atoms with van der Waals surface area (Å²) < 4.78 is 7.66. The van der Waals surface area contributed by atoms with Gasteiger partial charge in [-0.15, -0.1) is 0 Å². The molecule has 0 spiro atoms. The second-order valence-electron chi connectivity index (χ2n) is 5.66. The van der Waals surface area contributed by atoms with E-state index in [0.717, 1.165) is 32.1 Å². The molecule has 0 amide bonds. The minimum atomic E-state index is -0.399. The first-order valence-electron chi connectivity index (χ1n) is 7.67. The molecule has 7 nitrogen and oxygen atoms in total. The van der Waals surface area contributed by atoms with Crippen molar-refractivity contribution in [3.8, 4) is 5.88 Å². The van der Waals surface area contributed by atoms with Gasteiger partial charge < -0.3 is 10.5 Å². The van der Waals surface area contributed by atoms with Crippen molar-refractivity contribution in [1.29, 1.82) is 0 Å². The summed E-state index contributed by atoms with van der Waals surface area (Å²) in [7, 11) is 0. The molecule has 1 fully saturated rings. The first kappa shape index (κ1) is 15.8. The zero-order chi connectivity index (χ0) is 15.4. The predicted octanol–water partition coefficient (Wildman–Crippen LogP) is 2.41. The summed E-state index contributed by atoms with van der Waals surface area (Å²) in [6, 6.07) is 0. The van der Waals surface area contributed by atoms with E-state index in [4.69, 9.17) is 10.5 Å². The second kappa shape index (κ2) is 6.89. The Morgan fingerprint density at radius 1 is 1.48 bits per heavy atom. The van der Waals surface area contributed by atoms with Crippen LogP contribution in [0.25, 0.3) is 0 Å². The van der Waals surface area contributed by atoms with Crippen LogP contribution in [-0.2, 0) is 6.54 Å². The summed E-state index contributed by atoms with van der Waals surface area (Å²) in [5, 5.41) is 15.6. The highest BCUT2D eigenvalue weighted by Crippen LogP contribution is 2.35. The minimum Gasteiger partial charge on any atom is -0.469 e. The number of hydrogen-bond donors (Lipinski definition) is 1. The molecule has 2 rings (SSSR count). The zero-order valence-corrected chi connectivity index (χ0v) is 12.7. The molecule has 0 saturated heterocycles. The largest absolute Gasteiger partial charge is 0.469 e. The number of nitrogens with zero attached hydrogens (tertiary/aromatic N) is 3. The third-order valence-electron chi connectivity index (χ3n) is 4.07. The average molecular weight is 296 g/mol. The number of aromatic nitrogens is 2. The fraction of sp³-hybridized carbons (Fsp3) is 0.786. The molecule has 1 aliphatic rings. The van der Waals surface area contributed by atoms with Crippen molar-refractivity contribution in [3.05, 3.63) is 15.8 Å². The maximum absolute atomic E-state index is 11.3. The number of nitrogens with two attached hydrogens (primary N) is 1. The van der Waals surface area contributed by atoms with Crippen molar-refractivity contribution in [3.63, 3.8) is 0 Å². The Morgan fingerprint density at radius 3 is 2.81 bits per heavy atom. The van der Waals surface area contributed by atoms with Crippen LogP contribution in [0.4, 0.5) is 5.69 Å². The zero-order valence-electron chi connectivity index (χ0n) is 12.7. The first-order chi connectivity index (χ1) is 10.1. The second-order valence-corrected chi connectivity index (χ2v) is 5.66. The summed E-state index contributed by atoms with van der Waals surface area (Å²) >= 11 is 0. The van der Waals surface area contributed by atoms with E-state index in [1.165, 1.54) is 0 Å². The van der Waals surface area contributed by atoms with Crippen LogP contribution in [0.1, 0.15) is 44.7 Å². The topological polar surface area (TPSA) is 96.2 Å². The fourth-order valence-electron chi connectivity index (χ4n) is 2.98. The molecule has 1 aromatic heterocycles. The molecular weight excluding hydrogens is 272 g/mol. The van der Waals surface area contributed by atoms with Gasteiger partial charge in [0.05, 0.1) is 4.92 Å². The maximum Gasteiger partial charge on any atom is 0.353 e. The van der Waals surface area contributed by atoms with Crippen LogP contribution in [0, 0.1) is 23.0 Å². The molecule has 1 saturated carbocycles. The van der Waals surface area contributed by atoms with E-state index in [1.54, 1.807) is 11.6 Å². The molecule has 2 N–H and O–H groups in total. The molecule has 0 aliphatic heterocycles. The van der Waals surface area contributed by atoms with E-state index in [2.05, 4.69) is 5.10 Å². The smallest absolute Gasteiger partial charge is 0.353 e. The van der Waals surface area contributed by atoms with Gasteiger partial charge in [-0.3, -0.25) is 10.1 Å². The molecule has 0 aromatic carbocycles. The van der Waals surface area contributed by atoms with E-state index in [-0.39, 0.29) is 17.7 Å². The fourth-order valence-corrected chi connectivity index (χ4v) is 2.98. The van der Waals surface area contributed by atoms with Crippen molar-refractivity contribution in [2.24, 2.45) is 11.7 Å². The summed E-state index contributed by atoms with van der Waals surface area (Å²) in [4.78, 5) is 10.9. The lowest BCUT2D eigenvalue weighted by Crippen LogP contribution is -2.35. The lowest BCUT2D eigenvalue weighted by molar-refractivity contribution is -0.386. The van der Waals surface area contributed by atoms with Gasteiger partial charge in [0, 0.05) is 12.5 Å². The number of ether oxygens (including phenoxy) is 1. The van der Waals surface area contributed by atoms with Crippen LogP contribution in [-0.4, -0.2) is 27.4 Å². The van der Waals surface area contributed by atoms with Crippen LogP contribution in [0.2, 0.25) is 0 Å². The molecular formula is C14H24N4O3. The van der Waals surface area contributed by atoms with Crippen molar-refractivity contribution in [1.82, 2.24) is 9.78 Å². The van der Waals surface area contributed by atoms with Gasteiger partial charge in [0.15, 0.2) is 0 Å². The number of hydrogen-bond acceptors (Lipinski definition) is 5. The Hall–Kier alpha value is -1.63. The van der Waals surface area contributed by atoms with Gasteiger partial charge in [-0.25, -0.2) is 4.68 Å². The van der Waals surface area contributed by atoms with Gasteiger partial charge in [0.2, 0.25) is 0 Å². The normalized spacial score (nSPS) is 22.2. The monoisotopic (exact) mass is 296 g/mol. The predicted molar refractivity (Wildman–Crippen MR) is 79.3 cm³/mol. The van der Waals surface area contributed by atoms with Crippen molar-refractivity contribution >= 4 is 5.69 Å². The van der Waals surface area contributed by atoms with Crippen molar-refractivity contribution < 1.29 is 9.66 Å². The molecule has 118 valence electrons. The quantitative estimate of drug-likeness (QED) is 0.642. The Labute approximate surface area is 124 Å². The van der Waals surface area contributed by atoms with Crippen LogP contribution < -0.4 is 10.5 Å². The molecule has 1 aliphatic carbocycles. The molecule has 21 heavy (non-hydrogen) atoms. The maximum atomic E-state index is 11.3. The lowest BCUT2D eigenvalue weighted by Gasteiger charge is -2.30. The van der Waals surface area contributed by atoms with E-state index < -0.39 is 4.92 Å². The Morgan fingerprint density at radius 2 is 2.19 bits per heavy atom. The summed E-state index contributed by atoms with van der Waals surface area (Å²) in [6.07, 6.45) is 4.95. The van der Waals surface area contributed by atoms with Gasteiger partial charge in [-0.1, -0.05) is 13.3 Å². The third kappa shape index (κ3) is 3.34. The van der Waals surface area contributed by atoms with Gasteiger partial charge >= 0.3 is 5.69 Å². The molecule has 0 radical (unpaired) electrons. The van der Waals surface area contributed by atoms with Crippen molar-refractivity contribution in [2.75, 3.05) is 6.54 Å². The van der Waals surface area contributed by atoms with Crippen molar-refractivity contribution in [2.45, 2.75) is 58.6 Å². The van der Waals surface area contributed by atoms with E-state index in [1.807, 2.05) is 6.92 Å².